The van der Waals surface area contributed by atoms with Gasteiger partial charge in [-0.05, 0) is 24.3 Å². The maximum absolute atomic E-state index is 6.32. The molecule has 0 radical (unpaired) electrons. The minimum Gasteiger partial charge on any atom is -0.497 e. The van der Waals surface area contributed by atoms with Gasteiger partial charge >= 0.3 is 0 Å². The second-order valence-electron chi connectivity index (χ2n) is 4.77. The molecule has 0 amide bonds. The normalized spacial score (nSPS) is 12.3. The summed E-state index contributed by atoms with van der Waals surface area (Å²) in [6.07, 6.45) is 0. The summed E-state index contributed by atoms with van der Waals surface area (Å²) in [5, 5.41) is 0.996. The highest BCUT2D eigenvalue weighted by molar-refractivity contribution is 5.79. The van der Waals surface area contributed by atoms with Gasteiger partial charge in [0.2, 0.25) is 0 Å². The van der Waals surface area contributed by atoms with Crippen LogP contribution in [0, 0.1) is 0 Å². The van der Waals surface area contributed by atoms with E-state index in [0.29, 0.717) is 5.76 Å². The van der Waals surface area contributed by atoms with E-state index in [4.69, 9.17) is 19.6 Å². The maximum Gasteiger partial charge on any atom is 0.138 e. The van der Waals surface area contributed by atoms with Gasteiger partial charge in [-0.25, -0.2) is 0 Å². The second-order valence-corrected chi connectivity index (χ2v) is 4.77. The van der Waals surface area contributed by atoms with Crippen LogP contribution in [0.1, 0.15) is 17.4 Å². The van der Waals surface area contributed by atoms with Gasteiger partial charge in [0, 0.05) is 17.0 Å². The largest absolute Gasteiger partial charge is 0.497 e. The monoisotopic (exact) mass is 283 g/mol. The van der Waals surface area contributed by atoms with Crippen molar-refractivity contribution in [1.82, 2.24) is 0 Å². The van der Waals surface area contributed by atoms with E-state index in [9.17, 15) is 0 Å². The molecule has 21 heavy (non-hydrogen) atoms. The molecule has 0 spiro atoms. The molecule has 0 saturated heterocycles. The fraction of sp³-hybridized carbons (Fsp3) is 0.176. The lowest BCUT2D eigenvalue weighted by atomic mass is 10.0. The molecular weight excluding hydrogens is 266 g/mol. The number of ether oxygens (including phenoxy) is 2. The minimum absolute atomic E-state index is 0.375. The summed E-state index contributed by atoms with van der Waals surface area (Å²) in [5.41, 5.74) is 7.98. The van der Waals surface area contributed by atoms with Crippen molar-refractivity contribution in [1.29, 1.82) is 0 Å². The molecule has 0 aliphatic carbocycles. The molecule has 0 saturated carbocycles. The van der Waals surface area contributed by atoms with Gasteiger partial charge in [-0.15, -0.1) is 0 Å². The van der Waals surface area contributed by atoms with Crippen molar-refractivity contribution >= 4 is 11.0 Å². The molecule has 1 unspecified atom stereocenters. The highest BCUT2D eigenvalue weighted by Crippen LogP contribution is 2.32. The third kappa shape index (κ3) is 2.45. The van der Waals surface area contributed by atoms with Gasteiger partial charge in [-0.3, -0.25) is 0 Å². The van der Waals surface area contributed by atoms with Gasteiger partial charge in [0.25, 0.3) is 0 Å². The zero-order valence-corrected chi connectivity index (χ0v) is 12.0. The summed E-state index contributed by atoms with van der Waals surface area (Å²) in [4.78, 5) is 0. The van der Waals surface area contributed by atoms with E-state index in [1.807, 2.05) is 48.5 Å². The molecule has 3 aromatic rings. The standard InChI is InChI=1S/C17H17NO3/c1-19-12-8-7-11-9-16(21-15(11)10-12)17(18)13-5-3-4-6-14(13)20-2/h3-10,17H,18H2,1-2H3. The van der Waals surface area contributed by atoms with Crippen molar-refractivity contribution in [2.45, 2.75) is 6.04 Å². The van der Waals surface area contributed by atoms with E-state index in [1.54, 1.807) is 14.2 Å². The number of nitrogens with two attached hydrogens (primary N) is 1. The first-order valence-corrected chi connectivity index (χ1v) is 6.69. The number of hydrogen-bond donors (Lipinski definition) is 1. The zero-order chi connectivity index (χ0) is 14.8. The highest BCUT2D eigenvalue weighted by Gasteiger charge is 2.18. The van der Waals surface area contributed by atoms with Crippen LogP contribution in [0.3, 0.4) is 0 Å². The zero-order valence-electron chi connectivity index (χ0n) is 12.0. The summed E-state index contributed by atoms with van der Waals surface area (Å²) in [6.45, 7) is 0. The van der Waals surface area contributed by atoms with E-state index in [-0.39, 0.29) is 6.04 Å². The van der Waals surface area contributed by atoms with Gasteiger partial charge in [0.15, 0.2) is 0 Å². The van der Waals surface area contributed by atoms with E-state index in [1.165, 1.54) is 0 Å². The highest BCUT2D eigenvalue weighted by atomic mass is 16.5. The van der Waals surface area contributed by atoms with Crippen LogP contribution in [-0.2, 0) is 0 Å². The Morgan fingerprint density at radius 3 is 2.57 bits per heavy atom. The van der Waals surface area contributed by atoms with Crippen LogP contribution in [0.15, 0.2) is 52.9 Å². The average molecular weight is 283 g/mol. The van der Waals surface area contributed by atoms with E-state index < -0.39 is 0 Å². The van der Waals surface area contributed by atoms with Crippen molar-refractivity contribution < 1.29 is 13.9 Å². The number of para-hydroxylation sites is 1. The van der Waals surface area contributed by atoms with Crippen molar-refractivity contribution in [3.05, 3.63) is 59.9 Å². The Balaban J connectivity index is 2.03. The first-order valence-electron chi connectivity index (χ1n) is 6.69. The molecule has 0 fully saturated rings. The number of benzene rings is 2. The fourth-order valence-corrected chi connectivity index (χ4v) is 2.39. The summed E-state index contributed by atoms with van der Waals surface area (Å²) in [5.74, 6) is 2.21. The molecule has 4 heteroatoms. The number of methoxy groups -OCH3 is 2. The maximum atomic E-state index is 6.32. The van der Waals surface area contributed by atoms with Crippen molar-refractivity contribution in [2.75, 3.05) is 14.2 Å². The number of furan rings is 1. The number of fused-ring (bicyclic) bond motifs is 1. The summed E-state index contributed by atoms with van der Waals surface area (Å²) < 4.78 is 16.4. The molecule has 2 aromatic carbocycles. The van der Waals surface area contributed by atoms with Crippen LogP contribution in [0.2, 0.25) is 0 Å². The summed E-state index contributed by atoms with van der Waals surface area (Å²) in [6, 6.07) is 15.0. The van der Waals surface area contributed by atoms with E-state index >= 15 is 0 Å². The number of rotatable bonds is 4. The molecular formula is C17H17NO3. The van der Waals surface area contributed by atoms with Crippen molar-refractivity contribution in [3.63, 3.8) is 0 Å². The fourth-order valence-electron chi connectivity index (χ4n) is 2.39. The summed E-state index contributed by atoms with van der Waals surface area (Å²) in [7, 11) is 3.26. The molecule has 0 aliphatic rings. The van der Waals surface area contributed by atoms with E-state index in [2.05, 4.69) is 0 Å². The molecule has 108 valence electrons. The Bertz CT molecular complexity index is 764. The molecule has 0 bridgehead atoms. The van der Waals surface area contributed by atoms with Crippen LogP contribution in [-0.4, -0.2) is 14.2 Å². The quantitative estimate of drug-likeness (QED) is 0.796. The lowest BCUT2D eigenvalue weighted by Gasteiger charge is -2.13. The first-order chi connectivity index (χ1) is 10.2. The SMILES string of the molecule is COc1ccc2cc(C(N)c3ccccc3OC)oc2c1. The minimum atomic E-state index is -0.375. The molecule has 1 aromatic heterocycles. The van der Waals surface area contributed by atoms with Gasteiger partial charge < -0.3 is 19.6 Å². The Labute approximate surface area is 123 Å². The molecule has 0 aliphatic heterocycles. The van der Waals surface area contributed by atoms with Crippen LogP contribution >= 0.6 is 0 Å². The van der Waals surface area contributed by atoms with Gasteiger partial charge in [0.05, 0.1) is 20.3 Å². The average Bonchev–Trinajstić information content (AvgIpc) is 2.96. The topological polar surface area (TPSA) is 57.6 Å². The van der Waals surface area contributed by atoms with Gasteiger partial charge in [-0.1, -0.05) is 18.2 Å². The van der Waals surface area contributed by atoms with Crippen LogP contribution in [0.25, 0.3) is 11.0 Å². The Morgan fingerprint density at radius 2 is 1.81 bits per heavy atom. The third-order valence-electron chi connectivity index (χ3n) is 3.53. The molecule has 3 rings (SSSR count). The number of hydrogen-bond acceptors (Lipinski definition) is 4. The van der Waals surface area contributed by atoms with Crippen LogP contribution in [0.5, 0.6) is 11.5 Å². The molecule has 1 heterocycles. The molecule has 4 nitrogen and oxygen atoms in total. The van der Waals surface area contributed by atoms with Crippen molar-refractivity contribution in [3.8, 4) is 11.5 Å². The third-order valence-corrected chi connectivity index (χ3v) is 3.53. The Hall–Kier alpha value is -2.46. The smallest absolute Gasteiger partial charge is 0.138 e. The predicted molar refractivity (Wildman–Crippen MR) is 81.8 cm³/mol. The van der Waals surface area contributed by atoms with Crippen molar-refractivity contribution in [2.24, 2.45) is 5.73 Å². The lowest BCUT2D eigenvalue weighted by Crippen LogP contribution is -2.12. The first kappa shape index (κ1) is 13.5. The van der Waals surface area contributed by atoms with Gasteiger partial charge in [-0.2, -0.15) is 0 Å². The Kier molecular flexibility index (Phi) is 3.54. The van der Waals surface area contributed by atoms with Crippen LogP contribution < -0.4 is 15.2 Å². The van der Waals surface area contributed by atoms with Crippen LogP contribution in [0.4, 0.5) is 0 Å². The summed E-state index contributed by atoms with van der Waals surface area (Å²) >= 11 is 0. The lowest BCUT2D eigenvalue weighted by molar-refractivity contribution is 0.404. The van der Waals surface area contributed by atoms with E-state index in [0.717, 1.165) is 28.0 Å². The Morgan fingerprint density at radius 1 is 1.00 bits per heavy atom. The van der Waals surface area contributed by atoms with Gasteiger partial charge in [0.1, 0.15) is 22.8 Å². The molecule has 2 N–H and O–H groups in total. The predicted octanol–water partition coefficient (Wildman–Crippen LogP) is 3.50. The second kappa shape index (κ2) is 5.50. The molecule has 1 atom stereocenters.